The standard InChI is InChI=1S/C13H26N2O/c1-11-4-3-5-12(8-11)14-9-13-10-15(2)6-7-16-13/h11-14H,3-10H2,1-2H3. The second kappa shape index (κ2) is 5.99. The minimum atomic E-state index is 0.399. The minimum Gasteiger partial charge on any atom is -0.374 e. The molecule has 0 radical (unpaired) electrons. The number of morpholine rings is 1. The monoisotopic (exact) mass is 226 g/mol. The van der Waals surface area contributed by atoms with E-state index in [1.54, 1.807) is 0 Å². The van der Waals surface area contributed by atoms with Crippen LogP contribution in [0.15, 0.2) is 0 Å². The highest BCUT2D eigenvalue weighted by atomic mass is 16.5. The molecule has 1 heterocycles. The van der Waals surface area contributed by atoms with E-state index in [0.29, 0.717) is 6.10 Å². The lowest BCUT2D eigenvalue weighted by molar-refractivity contribution is -0.0200. The third-order valence-electron chi connectivity index (χ3n) is 3.91. The third kappa shape index (κ3) is 3.72. The molecule has 3 heteroatoms. The van der Waals surface area contributed by atoms with Gasteiger partial charge in [0.15, 0.2) is 0 Å². The van der Waals surface area contributed by atoms with E-state index in [0.717, 1.165) is 38.2 Å². The van der Waals surface area contributed by atoms with E-state index >= 15 is 0 Å². The first-order valence-corrected chi connectivity index (χ1v) is 6.77. The van der Waals surface area contributed by atoms with Gasteiger partial charge in [0.1, 0.15) is 0 Å². The number of rotatable bonds is 3. The smallest absolute Gasteiger partial charge is 0.0826 e. The number of ether oxygens (including phenoxy) is 1. The summed E-state index contributed by atoms with van der Waals surface area (Å²) in [7, 11) is 2.18. The maximum absolute atomic E-state index is 5.76. The predicted octanol–water partition coefficient (Wildman–Crippen LogP) is 1.49. The van der Waals surface area contributed by atoms with Crippen molar-refractivity contribution in [3.63, 3.8) is 0 Å². The SMILES string of the molecule is CC1CCCC(NCC2CN(C)CCO2)C1. The Morgan fingerprint density at radius 2 is 2.25 bits per heavy atom. The molecule has 1 saturated carbocycles. The number of hydrogen-bond donors (Lipinski definition) is 1. The second-order valence-corrected chi connectivity index (χ2v) is 5.63. The van der Waals surface area contributed by atoms with Crippen molar-refractivity contribution in [1.82, 2.24) is 10.2 Å². The predicted molar refractivity (Wildman–Crippen MR) is 66.7 cm³/mol. The van der Waals surface area contributed by atoms with Crippen molar-refractivity contribution in [1.29, 1.82) is 0 Å². The van der Waals surface area contributed by atoms with Gasteiger partial charge in [0.2, 0.25) is 0 Å². The lowest BCUT2D eigenvalue weighted by Crippen LogP contribution is -2.47. The van der Waals surface area contributed by atoms with Crippen LogP contribution < -0.4 is 5.32 Å². The molecule has 0 spiro atoms. The fourth-order valence-electron chi connectivity index (χ4n) is 2.91. The zero-order chi connectivity index (χ0) is 11.4. The molecule has 1 aliphatic carbocycles. The van der Waals surface area contributed by atoms with Gasteiger partial charge >= 0.3 is 0 Å². The third-order valence-corrected chi connectivity index (χ3v) is 3.91. The lowest BCUT2D eigenvalue weighted by Gasteiger charge is -2.33. The normalized spacial score (nSPS) is 37.5. The molecule has 1 aliphatic heterocycles. The van der Waals surface area contributed by atoms with E-state index in [4.69, 9.17) is 4.74 Å². The summed E-state index contributed by atoms with van der Waals surface area (Å²) in [5.41, 5.74) is 0. The number of hydrogen-bond acceptors (Lipinski definition) is 3. The van der Waals surface area contributed by atoms with Gasteiger partial charge in [0, 0.05) is 25.7 Å². The molecule has 2 rings (SSSR count). The zero-order valence-corrected chi connectivity index (χ0v) is 10.7. The topological polar surface area (TPSA) is 24.5 Å². The molecule has 0 aromatic carbocycles. The van der Waals surface area contributed by atoms with Crippen LogP contribution in [0.2, 0.25) is 0 Å². The molecule has 3 nitrogen and oxygen atoms in total. The Bertz CT molecular complexity index is 188. The highest BCUT2D eigenvalue weighted by Crippen LogP contribution is 2.23. The van der Waals surface area contributed by atoms with Gasteiger partial charge in [-0.1, -0.05) is 19.8 Å². The maximum Gasteiger partial charge on any atom is 0.0826 e. The van der Waals surface area contributed by atoms with Crippen molar-refractivity contribution < 1.29 is 4.74 Å². The minimum absolute atomic E-state index is 0.399. The van der Waals surface area contributed by atoms with Crippen LogP contribution in [-0.4, -0.2) is 50.3 Å². The van der Waals surface area contributed by atoms with Crippen molar-refractivity contribution >= 4 is 0 Å². The summed E-state index contributed by atoms with van der Waals surface area (Å²) in [5.74, 6) is 0.904. The van der Waals surface area contributed by atoms with E-state index in [9.17, 15) is 0 Å². The molecular formula is C13H26N2O. The quantitative estimate of drug-likeness (QED) is 0.789. The van der Waals surface area contributed by atoms with Crippen LogP contribution in [0.25, 0.3) is 0 Å². The maximum atomic E-state index is 5.76. The van der Waals surface area contributed by atoms with Crippen LogP contribution in [-0.2, 0) is 4.74 Å². The summed E-state index contributed by atoms with van der Waals surface area (Å²) < 4.78 is 5.76. The molecule has 1 saturated heterocycles. The van der Waals surface area contributed by atoms with Crippen molar-refractivity contribution in [2.45, 2.75) is 44.8 Å². The number of likely N-dealkylation sites (N-methyl/N-ethyl adjacent to an activating group) is 1. The average Bonchev–Trinajstić information content (AvgIpc) is 2.27. The largest absolute Gasteiger partial charge is 0.374 e. The molecule has 0 amide bonds. The van der Waals surface area contributed by atoms with Gasteiger partial charge in [-0.2, -0.15) is 0 Å². The molecule has 2 fully saturated rings. The van der Waals surface area contributed by atoms with Crippen molar-refractivity contribution in [2.24, 2.45) is 5.92 Å². The van der Waals surface area contributed by atoms with Crippen LogP contribution in [0.3, 0.4) is 0 Å². The molecule has 0 aromatic rings. The summed E-state index contributed by atoms with van der Waals surface area (Å²) in [6, 6.07) is 0.736. The highest BCUT2D eigenvalue weighted by Gasteiger charge is 2.21. The van der Waals surface area contributed by atoms with E-state index in [2.05, 4.69) is 24.2 Å². The van der Waals surface area contributed by atoms with Crippen LogP contribution in [0.1, 0.15) is 32.6 Å². The zero-order valence-electron chi connectivity index (χ0n) is 10.7. The first kappa shape index (κ1) is 12.3. The summed E-state index contributed by atoms with van der Waals surface area (Å²) in [6.07, 6.45) is 5.91. The Morgan fingerprint density at radius 1 is 1.38 bits per heavy atom. The van der Waals surface area contributed by atoms with E-state index in [1.165, 1.54) is 25.7 Å². The summed E-state index contributed by atoms with van der Waals surface area (Å²) in [6.45, 7) is 6.45. The Balaban J connectivity index is 1.66. The van der Waals surface area contributed by atoms with Gasteiger partial charge in [-0.15, -0.1) is 0 Å². The summed E-state index contributed by atoms with van der Waals surface area (Å²) in [4.78, 5) is 2.36. The van der Waals surface area contributed by atoms with E-state index in [-0.39, 0.29) is 0 Å². The van der Waals surface area contributed by atoms with Gasteiger partial charge in [0.05, 0.1) is 12.7 Å². The van der Waals surface area contributed by atoms with Crippen molar-refractivity contribution in [3.05, 3.63) is 0 Å². The number of nitrogens with one attached hydrogen (secondary N) is 1. The van der Waals surface area contributed by atoms with Crippen LogP contribution >= 0.6 is 0 Å². The first-order chi connectivity index (χ1) is 7.74. The number of nitrogens with zero attached hydrogens (tertiary/aromatic N) is 1. The first-order valence-electron chi connectivity index (χ1n) is 6.77. The fourth-order valence-corrected chi connectivity index (χ4v) is 2.91. The Hall–Kier alpha value is -0.120. The molecule has 1 N–H and O–H groups in total. The molecule has 0 aromatic heterocycles. The summed E-state index contributed by atoms with van der Waals surface area (Å²) >= 11 is 0. The van der Waals surface area contributed by atoms with Gasteiger partial charge in [-0.25, -0.2) is 0 Å². The highest BCUT2D eigenvalue weighted by molar-refractivity contribution is 4.79. The molecule has 94 valence electrons. The molecule has 3 unspecified atom stereocenters. The van der Waals surface area contributed by atoms with Gasteiger partial charge in [0.25, 0.3) is 0 Å². The van der Waals surface area contributed by atoms with Crippen molar-refractivity contribution in [2.75, 3.05) is 33.3 Å². The van der Waals surface area contributed by atoms with Crippen LogP contribution in [0.4, 0.5) is 0 Å². The average molecular weight is 226 g/mol. The summed E-state index contributed by atoms with van der Waals surface area (Å²) in [5, 5.41) is 3.69. The molecule has 16 heavy (non-hydrogen) atoms. The van der Waals surface area contributed by atoms with E-state index in [1.807, 2.05) is 0 Å². The lowest BCUT2D eigenvalue weighted by atomic mass is 9.87. The Labute approximate surface area is 99.5 Å². The van der Waals surface area contributed by atoms with Gasteiger partial charge < -0.3 is 15.0 Å². The van der Waals surface area contributed by atoms with Crippen LogP contribution in [0, 0.1) is 5.92 Å². The van der Waals surface area contributed by atoms with Crippen LogP contribution in [0.5, 0.6) is 0 Å². The Morgan fingerprint density at radius 3 is 3.00 bits per heavy atom. The second-order valence-electron chi connectivity index (χ2n) is 5.63. The molecule has 2 aliphatic rings. The van der Waals surface area contributed by atoms with E-state index < -0.39 is 0 Å². The fraction of sp³-hybridized carbons (Fsp3) is 1.00. The molecule has 3 atom stereocenters. The van der Waals surface area contributed by atoms with Crippen molar-refractivity contribution in [3.8, 4) is 0 Å². The molecule has 0 bridgehead atoms. The van der Waals surface area contributed by atoms with Gasteiger partial charge in [-0.3, -0.25) is 0 Å². The molecular weight excluding hydrogens is 200 g/mol. The Kier molecular flexibility index (Phi) is 4.62. The van der Waals surface area contributed by atoms with Gasteiger partial charge in [-0.05, 0) is 25.8 Å².